The van der Waals surface area contributed by atoms with E-state index in [0.29, 0.717) is 0 Å². The van der Waals surface area contributed by atoms with Gasteiger partial charge in [-0.3, -0.25) is 9.69 Å². The molecule has 1 unspecified atom stereocenters. The summed E-state index contributed by atoms with van der Waals surface area (Å²) in [5.74, 6) is -1.47. The van der Waals surface area contributed by atoms with Crippen molar-refractivity contribution < 1.29 is 29.0 Å². The van der Waals surface area contributed by atoms with Gasteiger partial charge in [-0.05, 0) is 18.4 Å². The molecule has 1 N–H and O–H groups in total. The van der Waals surface area contributed by atoms with Crippen molar-refractivity contribution in [3.63, 3.8) is 0 Å². The van der Waals surface area contributed by atoms with Gasteiger partial charge in [0, 0.05) is 6.42 Å². The summed E-state index contributed by atoms with van der Waals surface area (Å²) < 4.78 is 10.0. The van der Waals surface area contributed by atoms with Crippen LogP contribution in [0.25, 0.3) is 0 Å². The van der Waals surface area contributed by atoms with Gasteiger partial charge in [-0.2, -0.15) is 0 Å². The molecule has 1 aliphatic heterocycles. The fraction of sp³-hybridized carbons (Fsp3) is 0.400. The van der Waals surface area contributed by atoms with E-state index in [0.717, 1.165) is 5.56 Å². The highest BCUT2D eigenvalue weighted by molar-refractivity contribution is 5.83. The third-order valence-corrected chi connectivity index (χ3v) is 3.30. The minimum atomic E-state index is -0.940. The molecule has 1 heterocycles. The molecule has 1 aromatic rings. The van der Waals surface area contributed by atoms with E-state index >= 15 is 0 Å². The van der Waals surface area contributed by atoms with Crippen LogP contribution in [0.3, 0.4) is 0 Å². The number of amides is 1. The van der Waals surface area contributed by atoms with Crippen molar-refractivity contribution in [2.24, 2.45) is 0 Å². The largest absolute Gasteiger partial charge is 0.481 e. The Hall–Kier alpha value is -2.57. The predicted octanol–water partition coefficient (Wildman–Crippen LogP) is 1.76. The lowest BCUT2D eigenvalue weighted by atomic mass is 10.1. The number of carbonyl (C=O) groups is 3. The van der Waals surface area contributed by atoms with E-state index in [-0.39, 0.29) is 32.6 Å². The first-order chi connectivity index (χ1) is 10.6. The molecule has 0 saturated carbocycles. The zero-order valence-corrected chi connectivity index (χ0v) is 11.9. The highest BCUT2D eigenvalue weighted by Gasteiger charge is 2.38. The van der Waals surface area contributed by atoms with E-state index in [2.05, 4.69) is 0 Å². The summed E-state index contributed by atoms with van der Waals surface area (Å²) in [4.78, 5) is 35.3. The number of rotatable bonds is 6. The van der Waals surface area contributed by atoms with Crippen molar-refractivity contribution in [2.75, 3.05) is 6.73 Å². The van der Waals surface area contributed by atoms with E-state index in [1.165, 1.54) is 4.90 Å². The number of carbonyl (C=O) groups excluding carboxylic acids is 2. The molecular formula is C15H17NO6. The van der Waals surface area contributed by atoms with Crippen LogP contribution in [0, 0.1) is 0 Å². The average Bonchev–Trinajstić information content (AvgIpc) is 2.87. The topological polar surface area (TPSA) is 93.1 Å². The molecule has 0 aromatic heterocycles. The third kappa shape index (κ3) is 4.21. The summed E-state index contributed by atoms with van der Waals surface area (Å²) in [7, 11) is 0. The van der Waals surface area contributed by atoms with Crippen LogP contribution in [-0.2, 0) is 25.7 Å². The van der Waals surface area contributed by atoms with Crippen molar-refractivity contribution in [1.29, 1.82) is 0 Å². The predicted molar refractivity (Wildman–Crippen MR) is 74.7 cm³/mol. The highest BCUT2D eigenvalue weighted by Crippen LogP contribution is 2.19. The highest BCUT2D eigenvalue weighted by atomic mass is 16.6. The van der Waals surface area contributed by atoms with Crippen LogP contribution >= 0.6 is 0 Å². The molecule has 1 saturated heterocycles. The molecule has 1 aliphatic rings. The van der Waals surface area contributed by atoms with Gasteiger partial charge in [-0.25, -0.2) is 9.59 Å². The number of nitrogens with zero attached hydrogens (tertiary/aromatic N) is 1. The summed E-state index contributed by atoms with van der Waals surface area (Å²) in [5.41, 5.74) is 0.838. The fourth-order valence-corrected chi connectivity index (χ4v) is 2.15. The second kappa shape index (κ2) is 7.44. The number of aliphatic carboxylic acids is 1. The lowest BCUT2D eigenvalue weighted by Crippen LogP contribution is -2.38. The van der Waals surface area contributed by atoms with Gasteiger partial charge in [-0.1, -0.05) is 30.3 Å². The van der Waals surface area contributed by atoms with Gasteiger partial charge >= 0.3 is 18.0 Å². The smallest absolute Gasteiger partial charge is 0.413 e. The van der Waals surface area contributed by atoms with E-state index in [9.17, 15) is 14.4 Å². The SMILES string of the molecule is O=C(O)CCCC1C(=O)OCN1C(=O)OCc1ccccc1. The molecule has 118 valence electrons. The van der Waals surface area contributed by atoms with Crippen LogP contribution in [0.1, 0.15) is 24.8 Å². The first-order valence-electron chi connectivity index (χ1n) is 6.93. The van der Waals surface area contributed by atoms with E-state index in [4.69, 9.17) is 14.6 Å². The van der Waals surface area contributed by atoms with Crippen LogP contribution in [-0.4, -0.2) is 40.8 Å². The van der Waals surface area contributed by atoms with Gasteiger partial charge in [0.05, 0.1) is 0 Å². The molecule has 0 aliphatic carbocycles. The molecular weight excluding hydrogens is 290 g/mol. The van der Waals surface area contributed by atoms with Crippen LogP contribution in [0.2, 0.25) is 0 Å². The molecule has 0 bridgehead atoms. The maximum absolute atomic E-state index is 12.0. The Kier molecular flexibility index (Phi) is 5.35. The van der Waals surface area contributed by atoms with Crippen LogP contribution in [0.4, 0.5) is 4.79 Å². The van der Waals surface area contributed by atoms with Gasteiger partial charge in [0.1, 0.15) is 12.6 Å². The minimum absolute atomic E-state index is 0.0588. The molecule has 1 fully saturated rings. The fourth-order valence-electron chi connectivity index (χ4n) is 2.15. The number of carboxylic acids is 1. The molecule has 1 aromatic carbocycles. The number of hydrogen-bond acceptors (Lipinski definition) is 5. The average molecular weight is 307 g/mol. The molecule has 2 rings (SSSR count). The Labute approximate surface area is 127 Å². The summed E-state index contributed by atoms with van der Waals surface area (Å²) in [6, 6.07) is 8.40. The molecule has 0 spiro atoms. The zero-order chi connectivity index (χ0) is 15.9. The quantitative estimate of drug-likeness (QED) is 0.805. The standard InChI is InChI=1S/C15H17NO6/c17-13(18)8-4-7-12-14(19)22-10-16(12)15(20)21-9-11-5-2-1-3-6-11/h1-3,5-6,12H,4,7-10H2,(H,17,18). The molecule has 0 radical (unpaired) electrons. The number of esters is 1. The monoisotopic (exact) mass is 307 g/mol. The van der Waals surface area contributed by atoms with Crippen molar-refractivity contribution in [1.82, 2.24) is 4.90 Å². The van der Waals surface area contributed by atoms with Crippen molar-refractivity contribution in [3.05, 3.63) is 35.9 Å². The maximum Gasteiger partial charge on any atom is 0.413 e. The molecule has 22 heavy (non-hydrogen) atoms. The summed E-state index contributed by atoms with van der Waals surface area (Å²) in [6.07, 6.45) is -0.171. The molecule has 7 nitrogen and oxygen atoms in total. The Morgan fingerprint density at radius 2 is 2.05 bits per heavy atom. The van der Waals surface area contributed by atoms with Gasteiger partial charge in [0.2, 0.25) is 0 Å². The van der Waals surface area contributed by atoms with E-state index in [1.807, 2.05) is 30.3 Å². The summed E-state index contributed by atoms with van der Waals surface area (Å²) in [5, 5.41) is 8.62. The molecule has 1 atom stereocenters. The Morgan fingerprint density at radius 3 is 2.73 bits per heavy atom. The van der Waals surface area contributed by atoms with Crippen LogP contribution in [0.5, 0.6) is 0 Å². The number of ether oxygens (including phenoxy) is 2. The third-order valence-electron chi connectivity index (χ3n) is 3.30. The van der Waals surface area contributed by atoms with Crippen LogP contribution < -0.4 is 0 Å². The second-order valence-corrected chi connectivity index (χ2v) is 4.90. The van der Waals surface area contributed by atoms with E-state index in [1.54, 1.807) is 0 Å². The second-order valence-electron chi connectivity index (χ2n) is 4.90. The Balaban J connectivity index is 1.87. The summed E-state index contributed by atoms with van der Waals surface area (Å²) in [6.45, 7) is -0.0591. The van der Waals surface area contributed by atoms with Gasteiger partial charge in [-0.15, -0.1) is 0 Å². The van der Waals surface area contributed by atoms with Crippen LogP contribution in [0.15, 0.2) is 30.3 Å². The summed E-state index contributed by atoms with van der Waals surface area (Å²) >= 11 is 0. The Morgan fingerprint density at radius 1 is 1.32 bits per heavy atom. The Bertz CT molecular complexity index is 544. The minimum Gasteiger partial charge on any atom is -0.481 e. The number of hydrogen-bond donors (Lipinski definition) is 1. The number of carboxylic acid groups (broad SMARTS) is 1. The van der Waals surface area contributed by atoms with Crippen molar-refractivity contribution >= 4 is 18.0 Å². The molecule has 7 heteroatoms. The van der Waals surface area contributed by atoms with Crippen molar-refractivity contribution in [2.45, 2.75) is 31.9 Å². The normalized spacial score (nSPS) is 17.2. The number of benzene rings is 1. The lowest BCUT2D eigenvalue weighted by molar-refractivity contribution is -0.140. The number of cyclic esters (lactones) is 1. The van der Waals surface area contributed by atoms with Crippen molar-refractivity contribution in [3.8, 4) is 0 Å². The zero-order valence-electron chi connectivity index (χ0n) is 11.9. The first-order valence-corrected chi connectivity index (χ1v) is 6.93. The molecule has 1 amide bonds. The van der Waals surface area contributed by atoms with Gasteiger partial charge in [0.25, 0.3) is 0 Å². The van der Waals surface area contributed by atoms with Gasteiger partial charge in [0.15, 0.2) is 6.73 Å². The maximum atomic E-state index is 12.0. The van der Waals surface area contributed by atoms with E-state index < -0.39 is 24.1 Å². The first kappa shape index (κ1) is 15.8. The lowest BCUT2D eigenvalue weighted by Gasteiger charge is -2.19. The van der Waals surface area contributed by atoms with Gasteiger partial charge < -0.3 is 14.6 Å².